The number of carbonyl (C=O) groups is 1. The molecule has 0 saturated heterocycles. The Balaban J connectivity index is 1.47. The van der Waals surface area contributed by atoms with Crippen molar-refractivity contribution < 1.29 is 23.0 Å². The van der Waals surface area contributed by atoms with Gasteiger partial charge < -0.3 is 25.4 Å². The van der Waals surface area contributed by atoms with Gasteiger partial charge in [-0.25, -0.2) is 13.8 Å². The van der Waals surface area contributed by atoms with Gasteiger partial charge in [0.05, 0.1) is 11.9 Å². The maximum absolute atomic E-state index is 14.1. The van der Waals surface area contributed by atoms with Gasteiger partial charge >= 0.3 is 0 Å². The molecule has 1 aliphatic heterocycles. The normalized spacial score (nSPS) is 19.2. The molecule has 2 aromatic heterocycles. The van der Waals surface area contributed by atoms with Crippen molar-refractivity contribution >= 4 is 34.6 Å². The highest BCUT2D eigenvalue weighted by Crippen LogP contribution is 2.40. The van der Waals surface area contributed by atoms with E-state index in [9.17, 15) is 13.6 Å². The Morgan fingerprint density at radius 2 is 2.06 bits per heavy atom. The summed E-state index contributed by atoms with van der Waals surface area (Å²) >= 11 is 0. The summed E-state index contributed by atoms with van der Waals surface area (Å²) in [6.07, 6.45) is 1.11. The van der Waals surface area contributed by atoms with Crippen molar-refractivity contribution in [1.82, 2.24) is 14.6 Å². The Kier molecular flexibility index (Phi) is 4.72. The Bertz CT molecular complexity index is 1170. The number of aromatic nitrogens is 3. The maximum Gasteiger partial charge on any atom is 0.224 e. The van der Waals surface area contributed by atoms with E-state index in [0.717, 1.165) is 0 Å². The molecule has 2 atom stereocenters. The molecule has 162 valence electrons. The molecule has 11 heteroatoms. The van der Waals surface area contributed by atoms with Crippen LogP contribution in [-0.2, 0) is 4.79 Å². The SMILES string of the molecule is CNc1cc(Nc2cc(F)cc3c2OCCO3)nc2c(NC(=O)C[C@@H]3C[C@@H]3F)cnn12. The highest BCUT2D eigenvalue weighted by atomic mass is 19.1. The van der Waals surface area contributed by atoms with Crippen molar-refractivity contribution in [1.29, 1.82) is 0 Å². The number of hydrogen-bond donors (Lipinski definition) is 3. The molecule has 9 nitrogen and oxygen atoms in total. The lowest BCUT2D eigenvalue weighted by molar-refractivity contribution is -0.116. The van der Waals surface area contributed by atoms with Crippen molar-refractivity contribution in [3.05, 3.63) is 30.2 Å². The Hall–Kier alpha value is -3.63. The minimum absolute atomic E-state index is 0.113. The quantitative estimate of drug-likeness (QED) is 0.552. The molecular weight excluding hydrogens is 410 g/mol. The van der Waals surface area contributed by atoms with Gasteiger partial charge in [0.2, 0.25) is 5.91 Å². The summed E-state index contributed by atoms with van der Waals surface area (Å²) in [5.74, 6) is 0.671. The number of carbonyl (C=O) groups excluding carboxylic acids is 1. The van der Waals surface area contributed by atoms with E-state index >= 15 is 0 Å². The lowest BCUT2D eigenvalue weighted by atomic mass is 10.2. The fourth-order valence-electron chi connectivity index (χ4n) is 3.51. The fourth-order valence-corrected chi connectivity index (χ4v) is 3.51. The van der Waals surface area contributed by atoms with E-state index < -0.39 is 12.0 Å². The van der Waals surface area contributed by atoms with Crippen molar-refractivity contribution in [2.45, 2.75) is 19.0 Å². The van der Waals surface area contributed by atoms with Crippen molar-refractivity contribution in [3.8, 4) is 11.5 Å². The molecule has 3 aromatic rings. The Morgan fingerprint density at radius 1 is 1.26 bits per heavy atom. The monoisotopic (exact) mass is 430 g/mol. The fraction of sp³-hybridized carbons (Fsp3) is 0.350. The smallest absolute Gasteiger partial charge is 0.224 e. The van der Waals surface area contributed by atoms with E-state index in [-0.39, 0.29) is 18.2 Å². The molecule has 1 fully saturated rings. The van der Waals surface area contributed by atoms with E-state index in [4.69, 9.17) is 9.47 Å². The first-order valence-corrected chi connectivity index (χ1v) is 9.88. The molecule has 1 saturated carbocycles. The first-order valence-electron chi connectivity index (χ1n) is 9.88. The molecule has 5 rings (SSSR count). The highest BCUT2D eigenvalue weighted by molar-refractivity contribution is 5.95. The lowest BCUT2D eigenvalue weighted by Gasteiger charge is -2.21. The predicted octanol–water partition coefficient (Wildman–Crippen LogP) is 3.11. The number of fused-ring (bicyclic) bond motifs is 2. The van der Waals surface area contributed by atoms with Gasteiger partial charge in [0.25, 0.3) is 0 Å². The number of anilines is 4. The second kappa shape index (κ2) is 7.56. The standard InChI is InChI=1S/C20H20F2N6O3/c1-23-17-8-16(25-13-6-11(21)7-15-19(13)31-3-2-30-15)27-20-14(9-24-28(17)20)26-18(29)5-10-4-12(10)22/h6-10,12,23H,2-5H2,1H3,(H,25,27)(H,26,29)/t10-,12-/m0/s1. The van der Waals surface area contributed by atoms with E-state index in [1.807, 2.05) is 0 Å². The minimum atomic E-state index is -0.900. The van der Waals surface area contributed by atoms with Crippen molar-refractivity contribution in [3.63, 3.8) is 0 Å². The zero-order chi connectivity index (χ0) is 21.5. The summed E-state index contributed by atoms with van der Waals surface area (Å²) in [6.45, 7) is 0.688. The average Bonchev–Trinajstić information content (AvgIpc) is 3.29. The van der Waals surface area contributed by atoms with Crippen LogP contribution in [0.4, 0.5) is 31.8 Å². The van der Waals surface area contributed by atoms with Crippen LogP contribution in [-0.4, -0.2) is 46.9 Å². The van der Waals surface area contributed by atoms with Crippen LogP contribution in [0, 0.1) is 11.7 Å². The molecule has 0 spiro atoms. The first-order chi connectivity index (χ1) is 15.0. The largest absolute Gasteiger partial charge is 0.486 e. The zero-order valence-electron chi connectivity index (χ0n) is 16.6. The molecule has 0 radical (unpaired) electrons. The van der Waals surface area contributed by atoms with Crippen LogP contribution in [0.1, 0.15) is 12.8 Å². The number of nitrogens with one attached hydrogen (secondary N) is 3. The molecule has 1 amide bonds. The maximum atomic E-state index is 14.1. The topological polar surface area (TPSA) is 102 Å². The third-order valence-electron chi connectivity index (χ3n) is 5.16. The average molecular weight is 430 g/mol. The van der Waals surface area contributed by atoms with Crippen LogP contribution >= 0.6 is 0 Å². The second-order valence-corrected chi connectivity index (χ2v) is 7.44. The van der Waals surface area contributed by atoms with E-state index in [1.54, 1.807) is 13.1 Å². The third kappa shape index (κ3) is 3.78. The zero-order valence-corrected chi connectivity index (χ0v) is 16.6. The van der Waals surface area contributed by atoms with Crippen LogP contribution in [0.3, 0.4) is 0 Å². The summed E-state index contributed by atoms with van der Waals surface area (Å²) in [5.41, 5.74) is 1.13. The van der Waals surface area contributed by atoms with Crippen LogP contribution in [0.5, 0.6) is 11.5 Å². The number of hydrogen-bond acceptors (Lipinski definition) is 7. The van der Waals surface area contributed by atoms with Crippen LogP contribution in [0.2, 0.25) is 0 Å². The number of rotatable bonds is 6. The van der Waals surface area contributed by atoms with Gasteiger partial charge in [-0.1, -0.05) is 0 Å². The molecule has 2 aliphatic rings. The van der Waals surface area contributed by atoms with E-state index in [0.29, 0.717) is 59.8 Å². The van der Waals surface area contributed by atoms with Gasteiger partial charge in [-0.15, -0.1) is 0 Å². The number of ether oxygens (including phenoxy) is 2. The van der Waals surface area contributed by atoms with Crippen LogP contribution in [0.25, 0.3) is 5.65 Å². The molecule has 1 aromatic carbocycles. The molecule has 3 heterocycles. The molecule has 1 aliphatic carbocycles. The first kappa shape index (κ1) is 19.3. The number of nitrogens with zero attached hydrogens (tertiary/aromatic N) is 3. The van der Waals surface area contributed by atoms with Crippen LogP contribution in [0.15, 0.2) is 24.4 Å². The molecule has 31 heavy (non-hydrogen) atoms. The third-order valence-corrected chi connectivity index (χ3v) is 5.16. The van der Waals surface area contributed by atoms with Gasteiger partial charge in [-0.3, -0.25) is 4.79 Å². The van der Waals surface area contributed by atoms with Crippen molar-refractivity contribution in [2.24, 2.45) is 5.92 Å². The van der Waals surface area contributed by atoms with Gasteiger partial charge in [0, 0.05) is 37.6 Å². The molecule has 0 unspecified atom stereocenters. The molecular formula is C20H20F2N6O3. The predicted molar refractivity (Wildman–Crippen MR) is 109 cm³/mol. The lowest BCUT2D eigenvalue weighted by Crippen LogP contribution is -2.17. The minimum Gasteiger partial charge on any atom is -0.486 e. The summed E-state index contributed by atoms with van der Waals surface area (Å²) in [7, 11) is 1.72. The Morgan fingerprint density at radius 3 is 2.84 bits per heavy atom. The second-order valence-electron chi connectivity index (χ2n) is 7.44. The van der Waals surface area contributed by atoms with Crippen molar-refractivity contribution in [2.75, 3.05) is 36.2 Å². The summed E-state index contributed by atoms with van der Waals surface area (Å²) in [5, 5.41) is 13.1. The Labute approximate surface area is 175 Å². The number of alkyl halides is 1. The summed E-state index contributed by atoms with van der Waals surface area (Å²) in [4.78, 5) is 16.8. The van der Waals surface area contributed by atoms with E-state index in [1.165, 1.54) is 22.8 Å². The highest BCUT2D eigenvalue weighted by Gasteiger charge is 2.38. The number of benzene rings is 1. The van der Waals surface area contributed by atoms with Gasteiger partial charge in [-0.05, 0) is 6.42 Å². The van der Waals surface area contributed by atoms with Gasteiger partial charge in [-0.2, -0.15) is 9.61 Å². The number of amides is 1. The summed E-state index contributed by atoms with van der Waals surface area (Å²) < 4.78 is 39.8. The van der Waals surface area contributed by atoms with Gasteiger partial charge in [0.15, 0.2) is 17.1 Å². The van der Waals surface area contributed by atoms with E-state index in [2.05, 4.69) is 26.0 Å². The number of halogens is 2. The van der Waals surface area contributed by atoms with Crippen LogP contribution < -0.4 is 25.4 Å². The summed E-state index contributed by atoms with van der Waals surface area (Å²) in [6, 6.07) is 4.24. The van der Waals surface area contributed by atoms with Gasteiger partial charge in [0.1, 0.15) is 42.5 Å². The molecule has 0 bridgehead atoms. The molecule has 3 N–H and O–H groups in total.